The number of hydrogen-bond donors (Lipinski definition) is 0. The second kappa shape index (κ2) is 6.64. The van der Waals surface area contributed by atoms with Crippen molar-refractivity contribution in [1.82, 2.24) is 9.88 Å². The molecule has 0 radical (unpaired) electrons. The summed E-state index contributed by atoms with van der Waals surface area (Å²) < 4.78 is 0. The molecule has 0 aliphatic carbocycles. The number of carbonyl (C=O) groups excluding carboxylic acids is 1. The number of likely N-dealkylation sites (N-methyl/N-ethyl adjacent to an activating group) is 1. The summed E-state index contributed by atoms with van der Waals surface area (Å²) in [5, 5.41) is 0. The van der Waals surface area contributed by atoms with Gasteiger partial charge < -0.3 is 0 Å². The molecule has 0 saturated carbocycles. The highest BCUT2D eigenvalue weighted by Gasteiger charge is 2.21. The Balaban J connectivity index is 2.13. The maximum absolute atomic E-state index is 12.7. The SMILES string of the molecule is Cc1ccc(C)c(C(=O)C(C)N(C)Cc2ccncc2)c1. The van der Waals surface area contributed by atoms with Crippen LogP contribution in [0.25, 0.3) is 0 Å². The second-order valence-corrected chi connectivity index (χ2v) is 5.63. The molecule has 1 heterocycles. The van der Waals surface area contributed by atoms with Crippen molar-refractivity contribution in [2.24, 2.45) is 0 Å². The highest BCUT2D eigenvalue weighted by atomic mass is 16.1. The van der Waals surface area contributed by atoms with Crippen molar-refractivity contribution in [1.29, 1.82) is 0 Å². The normalized spacial score (nSPS) is 12.4. The van der Waals surface area contributed by atoms with Crippen LogP contribution in [0.1, 0.15) is 34.0 Å². The molecule has 2 aromatic rings. The number of carbonyl (C=O) groups is 1. The zero-order valence-electron chi connectivity index (χ0n) is 13.1. The van der Waals surface area contributed by atoms with Crippen molar-refractivity contribution in [3.8, 4) is 0 Å². The molecule has 0 N–H and O–H groups in total. The fourth-order valence-electron chi connectivity index (χ4n) is 2.34. The summed E-state index contributed by atoms with van der Waals surface area (Å²) >= 11 is 0. The number of rotatable bonds is 5. The van der Waals surface area contributed by atoms with Gasteiger partial charge in [-0.15, -0.1) is 0 Å². The summed E-state index contributed by atoms with van der Waals surface area (Å²) in [6.45, 7) is 6.70. The lowest BCUT2D eigenvalue weighted by Gasteiger charge is -2.24. The summed E-state index contributed by atoms with van der Waals surface area (Å²) in [6.07, 6.45) is 3.56. The molecule has 21 heavy (non-hydrogen) atoms. The highest BCUT2D eigenvalue weighted by molar-refractivity contribution is 6.01. The van der Waals surface area contributed by atoms with E-state index in [4.69, 9.17) is 0 Å². The molecule has 1 unspecified atom stereocenters. The monoisotopic (exact) mass is 282 g/mol. The summed E-state index contributed by atoms with van der Waals surface area (Å²) in [7, 11) is 1.98. The fourth-order valence-corrected chi connectivity index (χ4v) is 2.34. The van der Waals surface area contributed by atoms with Gasteiger partial charge in [-0.1, -0.05) is 17.7 Å². The van der Waals surface area contributed by atoms with Crippen molar-refractivity contribution < 1.29 is 4.79 Å². The van der Waals surface area contributed by atoms with Gasteiger partial charge in [0.15, 0.2) is 5.78 Å². The molecule has 0 bridgehead atoms. The van der Waals surface area contributed by atoms with Crippen LogP contribution in [-0.4, -0.2) is 28.8 Å². The zero-order valence-corrected chi connectivity index (χ0v) is 13.1. The minimum atomic E-state index is -0.154. The number of pyridine rings is 1. The molecular weight excluding hydrogens is 260 g/mol. The van der Waals surface area contributed by atoms with Crippen molar-refractivity contribution in [3.05, 3.63) is 65.0 Å². The summed E-state index contributed by atoms with van der Waals surface area (Å²) in [5.74, 6) is 0.174. The molecule has 110 valence electrons. The predicted molar refractivity (Wildman–Crippen MR) is 85.4 cm³/mol. The number of hydrogen-bond acceptors (Lipinski definition) is 3. The lowest BCUT2D eigenvalue weighted by Crippen LogP contribution is -2.35. The maximum Gasteiger partial charge on any atom is 0.179 e. The summed E-state index contributed by atoms with van der Waals surface area (Å²) in [4.78, 5) is 18.8. The van der Waals surface area contributed by atoms with E-state index in [1.165, 1.54) is 0 Å². The molecule has 0 saturated heterocycles. The first-order chi connectivity index (χ1) is 9.99. The molecule has 3 heteroatoms. The Kier molecular flexibility index (Phi) is 4.86. The third-order valence-electron chi connectivity index (χ3n) is 3.88. The van der Waals surface area contributed by atoms with Gasteiger partial charge in [0.25, 0.3) is 0 Å². The van der Waals surface area contributed by atoms with Gasteiger partial charge in [-0.05, 0) is 57.1 Å². The summed E-state index contributed by atoms with van der Waals surface area (Å²) in [5.41, 5.74) is 4.14. The molecule has 0 amide bonds. The first-order valence-electron chi connectivity index (χ1n) is 7.19. The van der Waals surface area contributed by atoms with Crippen LogP contribution in [0.5, 0.6) is 0 Å². The molecule has 0 fully saturated rings. The Morgan fingerprint density at radius 2 is 1.86 bits per heavy atom. The average molecular weight is 282 g/mol. The molecular formula is C18H22N2O. The Morgan fingerprint density at radius 1 is 1.19 bits per heavy atom. The predicted octanol–water partition coefficient (Wildman–Crippen LogP) is 3.40. The minimum Gasteiger partial charge on any atom is -0.292 e. The van der Waals surface area contributed by atoms with E-state index >= 15 is 0 Å². The molecule has 1 atom stereocenters. The van der Waals surface area contributed by atoms with Crippen LogP contribution in [-0.2, 0) is 6.54 Å². The number of Topliss-reactive ketones (excluding diaryl/α,β-unsaturated/α-hetero) is 1. The van der Waals surface area contributed by atoms with Crippen LogP contribution < -0.4 is 0 Å². The number of benzene rings is 1. The molecule has 1 aromatic heterocycles. The van der Waals surface area contributed by atoms with Crippen LogP contribution in [0.15, 0.2) is 42.7 Å². The Morgan fingerprint density at radius 3 is 2.52 bits per heavy atom. The number of aryl methyl sites for hydroxylation is 2. The van der Waals surface area contributed by atoms with Gasteiger partial charge in [0, 0.05) is 24.5 Å². The van der Waals surface area contributed by atoms with Crippen LogP contribution in [0.3, 0.4) is 0 Å². The van der Waals surface area contributed by atoms with Gasteiger partial charge in [-0.2, -0.15) is 0 Å². The van der Waals surface area contributed by atoms with Crippen LogP contribution in [0, 0.1) is 13.8 Å². The lowest BCUT2D eigenvalue weighted by atomic mass is 9.97. The molecule has 0 spiro atoms. The molecule has 1 aromatic carbocycles. The molecule has 0 aliphatic heterocycles. The minimum absolute atomic E-state index is 0.154. The first-order valence-corrected chi connectivity index (χ1v) is 7.19. The maximum atomic E-state index is 12.7. The van der Waals surface area contributed by atoms with Crippen LogP contribution >= 0.6 is 0 Å². The van der Waals surface area contributed by atoms with Crippen molar-refractivity contribution in [2.75, 3.05) is 7.05 Å². The quantitative estimate of drug-likeness (QED) is 0.788. The third kappa shape index (κ3) is 3.76. The van der Waals surface area contributed by atoms with Crippen LogP contribution in [0.2, 0.25) is 0 Å². The fraction of sp³-hybridized carbons (Fsp3) is 0.333. The lowest BCUT2D eigenvalue weighted by molar-refractivity contribution is 0.0861. The van der Waals surface area contributed by atoms with Gasteiger partial charge in [-0.25, -0.2) is 0 Å². The van der Waals surface area contributed by atoms with E-state index in [-0.39, 0.29) is 11.8 Å². The Labute approximate surface area is 126 Å². The third-order valence-corrected chi connectivity index (χ3v) is 3.88. The Hall–Kier alpha value is -2.00. The smallest absolute Gasteiger partial charge is 0.179 e. The van der Waals surface area contributed by atoms with E-state index in [1.54, 1.807) is 12.4 Å². The second-order valence-electron chi connectivity index (χ2n) is 5.63. The van der Waals surface area contributed by atoms with E-state index < -0.39 is 0 Å². The number of nitrogens with zero attached hydrogens (tertiary/aromatic N) is 2. The molecule has 2 rings (SSSR count). The standard InChI is InChI=1S/C18H22N2O/c1-13-5-6-14(2)17(11-13)18(21)15(3)20(4)12-16-7-9-19-10-8-16/h5-11,15H,12H2,1-4H3. The van der Waals surface area contributed by atoms with Gasteiger partial charge in [-0.3, -0.25) is 14.7 Å². The Bertz CT molecular complexity index is 622. The number of ketones is 1. The van der Waals surface area contributed by atoms with E-state index in [2.05, 4.69) is 9.88 Å². The molecule has 0 aliphatic rings. The largest absolute Gasteiger partial charge is 0.292 e. The first kappa shape index (κ1) is 15.4. The van der Waals surface area contributed by atoms with Crippen molar-refractivity contribution in [3.63, 3.8) is 0 Å². The van der Waals surface area contributed by atoms with E-state index in [9.17, 15) is 4.79 Å². The van der Waals surface area contributed by atoms with E-state index in [0.717, 1.165) is 28.8 Å². The van der Waals surface area contributed by atoms with E-state index in [0.29, 0.717) is 0 Å². The summed E-state index contributed by atoms with van der Waals surface area (Å²) in [6, 6.07) is 9.83. The van der Waals surface area contributed by atoms with Crippen molar-refractivity contribution in [2.45, 2.75) is 33.4 Å². The van der Waals surface area contributed by atoms with E-state index in [1.807, 2.05) is 58.2 Å². The highest BCUT2D eigenvalue weighted by Crippen LogP contribution is 2.16. The van der Waals surface area contributed by atoms with Crippen LogP contribution in [0.4, 0.5) is 0 Å². The molecule has 3 nitrogen and oxygen atoms in total. The van der Waals surface area contributed by atoms with Gasteiger partial charge in [0.1, 0.15) is 0 Å². The van der Waals surface area contributed by atoms with Gasteiger partial charge in [0.2, 0.25) is 0 Å². The average Bonchev–Trinajstić information content (AvgIpc) is 2.49. The van der Waals surface area contributed by atoms with Crippen molar-refractivity contribution >= 4 is 5.78 Å². The van der Waals surface area contributed by atoms with Gasteiger partial charge in [0.05, 0.1) is 6.04 Å². The topological polar surface area (TPSA) is 33.2 Å². The number of aromatic nitrogens is 1. The van der Waals surface area contributed by atoms with Gasteiger partial charge >= 0.3 is 0 Å². The zero-order chi connectivity index (χ0) is 15.4.